The predicted molar refractivity (Wildman–Crippen MR) is 108 cm³/mol. The Bertz CT molecular complexity index is 658. The van der Waals surface area contributed by atoms with Crippen LogP contribution in [0.2, 0.25) is 0 Å². The van der Waals surface area contributed by atoms with Crippen LogP contribution in [0.25, 0.3) is 0 Å². The second kappa shape index (κ2) is 10.4. The molecule has 8 heteroatoms. The predicted octanol–water partition coefficient (Wildman–Crippen LogP) is 2.05. The van der Waals surface area contributed by atoms with E-state index in [0.29, 0.717) is 30.9 Å². The lowest BCUT2D eigenvalue weighted by molar-refractivity contribution is -0.133. The lowest BCUT2D eigenvalue weighted by Crippen LogP contribution is -2.48. The molecule has 0 radical (unpaired) electrons. The van der Waals surface area contributed by atoms with Crippen LogP contribution in [0.5, 0.6) is 0 Å². The normalized spacial score (nSPS) is 12.7. The van der Waals surface area contributed by atoms with Gasteiger partial charge in [0.15, 0.2) is 0 Å². The first-order valence-corrected chi connectivity index (χ1v) is 9.49. The first-order valence-electron chi connectivity index (χ1n) is 9.49. The van der Waals surface area contributed by atoms with Crippen molar-refractivity contribution in [3.8, 4) is 0 Å². The summed E-state index contributed by atoms with van der Waals surface area (Å²) in [7, 11) is 3.86. The van der Waals surface area contributed by atoms with Crippen LogP contribution in [0.4, 0.5) is 4.79 Å². The SMILES string of the molecule is CCN(CCN(C)C)C(=O)CN(C(=O)O)C(c1cc(CO)ccn1)C(C)(C)C. The molecule has 1 unspecified atom stereocenters. The van der Waals surface area contributed by atoms with E-state index in [1.807, 2.05) is 46.7 Å². The Morgan fingerprint density at radius 1 is 1.21 bits per heavy atom. The second-order valence-corrected chi connectivity index (χ2v) is 8.20. The van der Waals surface area contributed by atoms with Gasteiger partial charge in [-0.05, 0) is 44.1 Å². The average molecular weight is 395 g/mol. The first kappa shape index (κ1) is 23.8. The smallest absolute Gasteiger partial charge is 0.408 e. The maximum atomic E-state index is 12.8. The molecule has 0 aliphatic rings. The Balaban J connectivity index is 3.19. The van der Waals surface area contributed by atoms with E-state index >= 15 is 0 Å². The van der Waals surface area contributed by atoms with Crippen LogP contribution in [0, 0.1) is 5.41 Å². The van der Waals surface area contributed by atoms with E-state index < -0.39 is 17.6 Å². The van der Waals surface area contributed by atoms with E-state index in [1.54, 1.807) is 23.2 Å². The zero-order chi connectivity index (χ0) is 21.5. The maximum absolute atomic E-state index is 12.8. The third-order valence-electron chi connectivity index (χ3n) is 4.54. The molecule has 1 aromatic heterocycles. The number of carbonyl (C=O) groups excluding carboxylic acids is 1. The minimum Gasteiger partial charge on any atom is -0.465 e. The molecule has 1 rings (SSSR count). The van der Waals surface area contributed by atoms with Crippen molar-refractivity contribution in [2.75, 3.05) is 40.3 Å². The Kier molecular flexibility index (Phi) is 8.84. The Labute approximate surface area is 167 Å². The summed E-state index contributed by atoms with van der Waals surface area (Å²) in [5.74, 6) is -0.237. The molecule has 1 heterocycles. The average Bonchev–Trinajstić information content (AvgIpc) is 2.60. The molecular weight excluding hydrogens is 360 g/mol. The number of carboxylic acid groups (broad SMARTS) is 1. The number of carbonyl (C=O) groups is 2. The number of pyridine rings is 1. The molecule has 0 saturated carbocycles. The van der Waals surface area contributed by atoms with Gasteiger partial charge in [0.2, 0.25) is 5.91 Å². The van der Waals surface area contributed by atoms with Gasteiger partial charge >= 0.3 is 6.09 Å². The van der Waals surface area contributed by atoms with Gasteiger partial charge in [-0.3, -0.25) is 14.7 Å². The van der Waals surface area contributed by atoms with Crippen LogP contribution >= 0.6 is 0 Å². The Morgan fingerprint density at radius 2 is 1.86 bits per heavy atom. The standard InChI is InChI=1S/C20H34N4O4/c1-7-23(11-10-22(5)6)17(26)13-24(19(27)28)18(20(2,3)4)16-12-15(14-25)8-9-21-16/h8-9,12,18,25H,7,10-11,13-14H2,1-6H3,(H,27,28). The molecule has 0 bridgehead atoms. The van der Waals surface area contributed by atoms with Gasteiger partial charge in [0, 0.05) is 25.8 Å². The highest BCUT2D eigenvalue weighted by molar-refractivity contribution is 5.82. The van der Waals surface area contributed by atoms with Crippen molar-refractivity contribution in [3.05, 3.63) is 29.6 Å². The fraction of sp³-hybridized carbons (Fsp3) is 0.650. The Morgan fingerprint density at radius 3 is 2.32 bits per heavy atom. The van der Waals surface area contributed by atoms with Gasteiger partial charge in [-0.25, -0.2) is 4.79 Å². The van der Waals surface area contributed by atoms with Crippen molar-refractivity contribution in [2.24, 2.45) is 5.41 Å². The van der Waals surface area contributed by atoms with Gasteiger partial charge in [-0.2, -0.15) is 0 Å². The number of aliphatic hydroxyl groups excluding tert-OH is 1. The maximum Gasteiger partial charge on any atom is 0.408 e. The lowest BCUT2D eigenvalue weighted by Gasteiger charge is -2.38. The van der Waals surface area contributed by atoms with E-state index in [2.05, 4.69) is 4.98 Å². The molecule has 0 aromatic carbocycles. The number of aromatic nitrogens is 1. The summed E-state index contributed by atoms with van der Waals surface area (Å²) in [5, 5.41) is 19.3. The zero-order valence-electron chi connectivity index (χ0n) is 17.8. The van der Waals surface area contributed by atoms with E-state index in [9.17, 15) is 19.8 Å². The van der Waals surface area contributed by atoms with Crippen LogP contribution in [-0.4, -0.2) is 82.2 Å². The van der Waals surface area contributed by atoms with Crippen LogP contribution in [-0.2, 0) is 11.4 Å². The molecular formula is C20H34N4O4. The van der Waals surface area contributed by atoms with E-state index in [-0.39, 0.29) is 19.1 Å². The fourth-order valence-corrected chi connectivity index (χ4v) is 3.11. The first-order chi connectivity index (χ1) is 13.0. The second-order valence-electron chi connectivity index (χ2n) is 8.20. The summed E-state index contributed by atoms with van der Waals surface area (Å²) in [6, 6.07) is 2.74. The van der Waals surface area contributed by atoms with Crippen molar-refractivity contribution in [1.82, 2.24) is 19.7 Å². The van der Waals surface area contributed by atoms with Crippen molar-refractivity contribution in [2.45, 2.75) is 40.3 Å². The minimum absolute atomic E-state index is 0.160. The molecule has 158 valence electrons. The third kappa shape index (κ3) is 6.76. The molecule has 0 fully saturated rings. The summed E-state index contributed by atoms with van der Waals surface area (Å²) in [4.78, 5) is 34.1. The molecule has 0 saturated heterocycles. The molecule has 28 heavy (non-hydrogen) atoms. The molecule has 2 N–H and O–H groups in total. The summed E-state index contributed by atoms with van der Waals surface area (Å²) in [5.41, 5.74) is 0.670. The topological polar surface area (TPSA) is 97.2 Å². The van der Waals surface area contributed by atoms with Crippen LogP contribution < -0.4 is 0 Å². The monoisotopic (exact) mass is 394 g/mol. The van der Waals surface area contributed by atoms with Crippen molar-refractivity contribution >= 4 is 12.0 Å². The highest BCUT2D eigenvalue weighted by Gasteiger charge is 2.37. The molecule has 0 spiro atoms. The fourth-order valence-electron chi connectivity index (χ4n) is 3.11. The summed E-state index contributed by atoms with van der Waals surface area (Å²) < 4.78 is 0. The van der Waals surface area contributed by atoms with E-state index in [0.717, 1.165) is 4.90 Å². The minimum atomic E-state index is -1.17. The Hall–Kier alpha value is -2.19. The molecule has 8 nitrogen and oxygen atoms in total. The number of hydrogen-bond donors (Lipinski definition) is 2. The summed E-state index contributed by atoms with van der Waals surface area (Å²) in [6.45, 7) is 8.96. The number of hydrogen-bond acceptors (Lipinski definition) is 5. The van der Waals surface area contributed by atoms with Gasteiger partial charge in [0.05, 0.1) is 18.3 Å². The molecule has 1 atom stereocenters. The highest BCUT2D eigenvalue weighted by Crippen LogP contribution is 2.37. The number of likely N-dealkylation sites (N-methyl/N-ethyl adjacent to an activating group) is 2. The number of aliphatic hydroxyl groups is 1. The quantitative estimate of drug-likeness (QED) is 0.665. The lowest BCUT2D eigenvalue weighted by atomic mass is 9.83. The van der Waals surface area contributed by atoms with Crippen LogP contribution in [0.1, 0.15) is 45.0 Å². The van der Waals surface area contributed by atoms with E-state index in [1.165, 1.54) is 0 Å². The number of amides is 2. The van der Waals surface area contributed by atoms with Crippen molar-refractivity contribution < 1.29 is 19.8 Å². The van der Waals surface area contributed by atoms with E-state index in [4.69, 9.17) is 0 Å². The largest absolute Gasteiger partial charge is 0.465 e. The third-order valence-corrected chi connectivity index (χ3v) is 4.54. The highest BCUT2D eigenvalue weighted by atomic mass is 16.4. The van der Waals surface area contributed by atoms with Crippen molar-refractivity contribution in [1.29, 1.82) is 0 Å². The summed E-state index contributed by atoms with van der Waals surface area (Å²) >= 11 is 0. The molecule has 1 aromatic rings. The van der Waals surface area contributed by atoms with Gasteiger partial charge in [-0.15, -0.1) is 0 Å². The van der Waals surface area contributed by atoms with Crippen LogP contribution in [0.15, 0.2) is 18.3 Å². The molecule has 0 aliphatic heterocycles. The zero-order valence-corrected chi connectivity index (χ0v) is 17.8. The van der Waals surface area contributed by atoms with Gasteiger partial charge < -0.3 is 20.0 Å². The van der Waals surface area contributed by atoms with Gasteiger partial charge in [0.25, 0.3) is 0 Å². The van der Waals surface area contributed by atoms with Crippen LogP contribution in [0.3, 0.4) is 0 Å². The number of rotatable bonds is 9. The number of nitrogens with zero attached hydrogens (tertiary/aromatic N) is 4. The molecule has 0 aliphatic carbocycles. The molecule has 2 amide bonds. The van der Waals surface area contributed by atoms with Gasteiger partial charge in [0.1, 0.15) is 6.54 Å². The summed E-state index contributed by atoms with van der Waals surface area (Å²) in [6.07, 6.45) is 0.379. The van der Waals surface area contributed by atoms with Crippen molar-refractivity contribution in [3.63, 3.8) is 0 Å². The van der Waals surface area contributed by atoms with Gasteiger partial charge in [-0.1, -0.05) is 20.8 Å².